The number of aromatic nitrogens is 2. The Morgan fingerprint density at radius 1 is 1.24 bits per heavy atom. The zero-order valence-electron chi connectivity index (χ0n) is 18.1. The van der Waals surface area contributed by atoms with Crippen LogP contribution in [0.2, 0.25) is 0 Å². The summed E-state index contributed by atoms with van der Waals surface area (Å²) in [7, 11) is 1.52. The molecule has 8 nitrogen and oxygen atoms in total. The predicted octanol–water partition coefficient (Wildman–Crippen LogP) is 5.59. The lowest BCUT2D eigenvalue weighted by Gasteiger charge is -2.12. The zero-order chi connectivity index (χ0) is 23.5. The lowest BCUT2D eigenvalue weighted by atomic mass is 10.1. The van der Waals surface area contributed by atoms with Gasteiger partial charge in [-0.25, -0.2) is 14.2 Å². The first-order chi connectivity index (χ1) is 15.9. The second-order valence-corrected chi connectivity index (χ2v) is 7.44. The largest absolute Gasteiger partial charge is 0.515 e. The second-order valence-electron chi connectivity index (χ2n) is 7.44. The number of benzene rings is 2. The number of halogens is 1. The Bertz CT molecular complexity index is 1390. The van der Waals surface area contributed by atoms with Gasteiger partial charge in [-0.2, -0.15) is 5.26 Å². The molecule has 0 radical (unpaired) electrons. The van der Waals surface area contributed by atoms with E-state index >= 15 is 0 Å². The molecule has 0 atom stereocenters. The average Bonchev–Trinajstić information content (AvgIpc) is 3.13. The molecule has 0 aliphatic rings. The van der Waals surface area contributed by atoms with Gasteiger partial charge in [-0.1, -0.05) is 6.07 Å². The molecule has 2 aromatic heterocycles. The minimum Gasteiger partial charge on any atom is -0.456 e. The highest BCUT2D eigenvalue weighted by molar-refractivity contribution is 6.09. The fourth-order valence-corrected chi connectivity index (χ4v) is 3.47. The van der Waals surface area contributed by atoms with Gasteiger partial charge in [0.1, 0.15) is 28.9 Å². The Morgan fingerprint density at radius 3 is 2.79 bits per heavy atom. The molecule has 4 rings (SSSR count). The van der Waals surface area contributed by atoms with Crippen molar-refractivity contribution >= 4 is 28.0 Å². The van der Waals surface area contributed by atoms with Crippen LogP contribution in [0.5, 0.6) is 17.4 Å². The van der Waals surface area contributed by atoms with E-state index in [4.69, 9.17) is 18.9 Å². The van der Waals surface area contributed by atoms with Gasteiger partial charge in [-0.3, -0.25) is 0 Å². The highest BCUT2D eigenvalue weighted by Crippen LogP contribution is 2.36. The van der Waals surface area contributed by atoms with Gasteiger partial charge >= 0.3 is 6.16 Å². The van der Waals surface area contributed by atoms with Crippen LogP contribution < -0.4 is 9.47 Å². The van der Waals surface area contributed by atoms with Gasteiger partial charge in [-0.15, -0.1) is 0 Å². The van der Waals surface area contributed by atoms with E-state index in [2.05, 4.69) is 9.97 Å². The summed E-state index contributed by atoms with van der Waals surface area (Å²) < 4.78 is 35.5. The number of fused-ring (bicyclic) bond motifs is 3. The van der Waals surface area contributed by atoms with Gasteiger partial charge in [0.05, 0.1) is 30.0 Å². The van der Waals surface area contributed by atoms with Crippen molar-refractivity contribution in [2.45, 2.75) is 26.6 Å². The monoisotopic (exact) mass is 449 g/mol. The number of carbonyl (C=O) groups excluding carboxylic acids is 1. The number of hydrogen-bond donors (Lipinski definition) is 1. The van der Waals surface area contributed by atoms with E-state index in [-0.39, 0.29) is 29.9 Å². The molecule has 9 heteroatoms. The number of aromatic amines is 1. The van der Waals surface area contributed by atoms with Crippen LogP contribution >= 0.6 is 0 Å². The molecular formula is C24H20FN3O5. The number of carbonyl (C=O) groups is 1. The fourth-order valence-electron chi connectivity index (χ4n) is 3.47. The van der Waals surface area contributed by atoms with Crippen molar-refractivity contribution in [3.05, 3.63) is 59.5 Å². The summed E-state index contributed by atoms with van der Waals surface area (Å²) in [4.78, 5) is 19.6. The maximum atomic E-state index is 14.0. The van der Waals surface area contributed by atoms with Crippen molar-refractivity contribution in [2.75, 3.05) is 7.11 Å². The second kappa shape index (κ2) is 9.14. The van der Waals surface area contributed by atoms with Crippen LogP contribution in [0.4, 0.5) is 9.18 Å². The summed E-state index contributed by atoms with van der Waals surface area (Å²) >= 11 is 0. The summed E-state index contributed by atoms with van der Waals surface area (Å²) in [6, 6.07) is 11.2. The molecule has 168 valence electrons. The zero-order valence-corrected chi connectivity index (χ0v) is 18.1. The molecule has 2 heterocycles. The van der Waals surface area contributed by atoms with E-state index in [0.29, 0.717) is 16.8 Å². The third-order valence-corrected chi connectivity index (χ3v) is 4.79. The van der Waals surface area contributed by atoms with E-state index in [1.807, 2.05) is 6.07 Å². The molecule has 0 spiro atoms. The Balaban J connectivity index is 1.81. The molecule has 2 aromatic carbocycles. The van der Waals surface area contributed by atoms with E-state index in [1.54, 1.807) is 38.2 Å². The first kappa shape index (κ1) is 22.0. The molecule has 0 aliphatic heterocycles. The fraction of sp³-hybridized carbons (Fsp3) is 0.208. The molecule has 0 aliphatic carbocycles. The first-order valence-corrected chi connectivity index (χ1v) is 10.1. The molecule has 0 saturated heterocycles. The Morgan fingerprint density at radius 2 is 2.06 bits per heavy atom. The SMILES string of the molecule is COCc1c(OC(=O)OC(C)C)ncc2[nH]c3ccc(Oc4cccc(F)c4C#N)cc3c12. The molecule has 0 bridgehead atoms. The number of H-pyrrole nitrogens is 1. The van der Waals surface area contributed by atoms with Gasteiger partial charge in [-0.05, 0) is 44.2 Å². The summed E-state index contributed by atoms with van der Waals surface area (Å²) in [5, 5.41) is 10.7. The minimum absolute atomic E-state index is 0.0686. The van der Waals surface area contributed by atoms with Crippen LogP contribution in [0.15, 0.2) is 42.6 Å². The van der Waals surface area contributed by atoms with Gasteiger partial charge in [0, 0.05) is 23.4 Å². The number of nitriles is 1. The lowest BCUT2D eigenvalue weighted by molar-refractivity contribution is 0.0705. The van der Waals surface area contributed by atoms with Crippen LogP contribution in [-0.4, -0.2) is 29.3 Å². The number of hydrogen-bond acceptors (Lipinski definition) is 7. The molecule has 33 heavy (non-hydrogen) atoms. The molecular weight excluding hydrogens is 429 g/mol. The van der Waals surface area contributed by atoms with Crippen LogP contribution in [0.25, 0.3) is 21.8 Å². The topological polar surface area (TPSA) is 106 Å². The number of rotatable bonds is 6. The van der Waals surface area contributed by atoms with Crippen molar-refractivity contribution in [3.63, 3.8) is 0 Å². The third-order valence-electron chi connectivity index (χ3n) is 4.79. The van der Waals surface area contributed by atoms with E-state index < -0.39 is 12.0 Å². The van der Waals surface area contributed by atoms with Crippen molar-refractivity contribution in [1.82, 2.24) is 9.97 Å². The van der Waals surface area contributed by atoms with E-state index in [1.165, 1.54) is 25.3 Å². The van der Waals surface area contributed by atoms with Crippen molar-refractivity contribution < 1.29 is 28.1 Å². The van der Waals surface area contributed by atoms with Crippen LogP contribution in [0.1, 0.15) is 25.0 Å². The van der Waals surface area contributed by atoms with Crippen LogP contribution in [0, 0.1) is 17.1 Å². The van der Waals surface area contributed by atoms with Gasteiger partial charge in [0.25, 0.3) is 0 Å². The average molecular weight is 449 g/mol. The Kier molecular flexibility index (Phi) is 6.11. The lowest BCUT2D eigenvalue weighted by Crippen LogP contribution is -2.17. The van der Waals surface area contributed by atoms with Gasteiger partial charge < -0.3 is 23.9 Å². The highest BCUT2D eigenvalue weighted by Gasteiger charge is 2.20. The molecule has 0 fully saturated rings. The molecule has 0 unspecified atom stereocenters. The summed E-state index contributed by atoms with van der Waals surface area (Å²) in [6.45, 7) is 3.55. The predicted molar refractivity (Wildman–Crippen MR) is 118 cm³/mol. The smallest absolute Gasteiger partial charge is 0.456 e. The summed E-state index contributed by atoms with van der Waals surface area (Å²) in [5.74, 6) is -0.0888. The number of nitrogens with zero attached hydrogens (tertiary/aromatic N) is 2. The quantitative estimate of drug-likeness (QED) is 0.382. The molecule has 1 N–H and O–H groups in total. The standard InChI is InChI=1S/C24H20FN3O5/c1-13(2)31-24(29)33-23-17(12-30-3)22-15-9-14(7-8-19(15)28-20(22)11-27-23)32-21-6-4-5-18(25)16(21)10-26/h4-9,11,13,28H,12H2,1-3H3. The number of ether oxygens (including phenoxy) is 4. The number of pyridine rings is 1. The Hall–Kier alpha value is -4.16. The van der Waals surface area contributed by atoms with Gasteiger partial charge in [0.2, 0.25) is 5.88 Å². The van der Waals surface area contributed by atoms with E-state index in [0.717, 1.165) is 16.3 Å². The first-order valence-electron chi connectivity index (χ1n) is 10.1. The summed E-state index contributed by atoms with van der Waals surface area (Å²) in [5.41, 5.74) is 1.84. The van der Waals surface area contributed by atoms with E-state index in [9.17, 15) is 14.4 Å². The van der Waals surface area contributed by atoms with Crippen molar-refractivity contribution in [3.8, 4) is 23.4 Å². The maximum Gasteiger partial charge on any atom is 0.515 e. The molecule has 0 amide bonds. The molecule has 4 aromatic rings. The number of methoxy groups -OCH3 is 1. The third kappa shape index (κ3) is 4.42. The molecule has 0 saturated carbocycles. The van der Waals surface area contributed by atoms with Crippen LogP contribution in [-0.2, 0) is 16.1 Å². The highest BCUT2D eigenvalue weighted by atomic mass is 19.1. The Labute approximate surface area is 188 Å². The van der Waals surface area contributed by atoms with Crippen molar-refractivity contribution in [1.29, 1.82) is 5.26 Å². The maximum absolute atomic E-state index is 14.0. The summed E-state index contributed by atoms with van der Waals surface area (Å²) in [6.07, 6.45) is 0.335. The normalized spacial score (nSPS) is 11.0. The van der Waals surface area contributed by atoms with Gasteiger partial charge in [0.15, 0.2) is 0 Å². The minimum atomic E-state index is -0.867. The van der Waals surface area contributed by atoms with Crippen LogP contribution in [0.3, 0.4) is 0 Å². The van der Waals surface area contributed by atoms with Crippen molar-refractivity contribution in [2.24, 2.45) is 0 Å². The number of nitrogens with one attached hydrogen (secondary N) is 1.